The van der Waals surface area contributed by atoms with Crippen LogP contribution in [0.15, 0.2) is 12.5 Å². The van der Waals surface area contributed by atoms with Gasteiger partial charge in [-0.3, -0.25) is 4.79 Å². The lowest BCUT2D eigenvalue weighted by Crippen LogP contribution is -2.42. The molecule has 106 valence electrons. The molecule has 0 unspecified atom stereocenters. The summed E-state index contributed by atoms with van der Waals surface area (Å²) in [6, 6.07) is -1.03. The minimum absolute atomic E-state index is 0.134. The molecule has 1 amide bonds. The van der Waals surface area contributed by atoms with E-state index in [4.69, 9.17) is 5.11 Å². The molecule has 8 nitrogen and oxygen atoms in total. The van der Waals surface area contributed by atoms with Gasteiger partial charge >= 0.3 is 5.97 Å². The van der Waals surface area contributed by atoms with Crippen molar-refractivity contribution >= 4 is 23.4 Å². The smallest absolute Gasteiger partial charge is 0.326 e. The molecule has 0 aliphatic carbocycles. The highest BCUT2D eigenvalue weighted by Gasteiger charge is 2.24. The Kier molecular flexibility index (Phi) is 4.41. The molecule has 1 atom stereocenters. The number of amides is 1. The van der Waals surface area contributed by atoms with Gasteiger partial charge in [0.1, 0.15) is 10.9 Å². The van der Waals surface area contributed by atoms with Crippen LogP contribution in [0.5, 0.6) is 0 Å². The minimum Gasteiger partial charge on any atom is -0.480 e. The highest BCUT2D eigenvalue weighted by atomic mass is 32.1. The molecular weight excluding hydrogens is 282 g/mol. The Labute approximate surface area is 118 Å². The van der Waals surface area contributed by atoms with Crippen molar-refractivity contribution < 1.29 is 14.7 Å². The average Bonchev–Trinajstić information content (AvgIpc) is 3.08. The SMILES string of the molecule is CCc1nnsc1C(=O)N[C@H](Cc1cnc[nH]1)C(=O)O. The van der Waals surface area contributed by atoms with Crippen molar-refractivity contribution in [2.75, 3.05) is 0 Å². The molecule has 0 saturated heterocycles. The summed E-state index contributed by atoms with van der Waals surface area (Å²) in [7, 11) is 0. The first-order valence-electron chi connectivity index (χ1n) is 5.94. The van der Waals surface area contributed by atoms with E-state index >= 15 is 0 Å². The van der Waals surface area contributed by atoms with Crippen LogP contribution in [-0.4, -0.2) is 42.6 Å². The van der Waals surface area contributed by atoms with E-state index in [-0.39, 0.29) is 6.42 Å². The molecule has 9 heteroatoms. The van der Waals surface area contributed by atoms with Gasteiger partial charge in [-0.25, -0.2) is 9.78 Å². The van der Waals surface area contributed by atoms with Crippen molar-refractivity contribution in [1.82, 2.24) is 24.9 Å². The van der Waals surface area contributed by atoms with E-state index in [1.807, 2.05) is 6.92 Å². The van der Waals surface area contributed by atoms with Crippen molar-refractivity contribution in [2.45, 2.75) is 25.8 Å². The zero-order chi connectivity index (χ0) is 14.5. The number of imidazole rings is 1. The fourth-order valence-electron chi connectivity index (χ4n) is 1.65. The van der Waals surface area contributed by atoms with Crippen molar-refractivity contribution in [3.8, 4) is 0 Å². The van der Waals surface area contributed by atoms with Crippen molar-refractivity contribution in [2.24, 2.45) is 0 Å². The topological polar surface area (TPSA) is 121 Å². The Balaban J connectivity index is 2.08. The summed E-state index contributed by atoms with van der Waals surface area (Å²) < 4.78 is 3.71. The Morgan fingerprint density at radius 3 is 2.95 bits per heavy atom. The van der Waals surface area contributed by atoms with Crippen molar-refractivity contribution in [3.63, 3.8) is 0 Å². The zero-order valence-electron chi connectivity index (χ0n) is 10.7. The second-order valence-corrected chi connectivity index (χ2v) is 4.80. The van der Waals surface area contributed by atoms with Crippen LogP contribution in [0.2, 0.25) is 0 Å². The molecule has 0 radical (unpaired) electrons. The Morgan fingerprint density at radius 1 is 1.55 bits per heavy atom. The molecule has 2 aromatic heterocycles. The van der Waals surface area contributed by atoms with E-state index in [0.717, 1.165) is 11.5 Å². The van der Waals surface area contributed by atoms with Crippen LogP contribution in [0.25, 0.3) is 0 Å². The van der Waals surface area contributed by atoms with E-state index in [9.17, 15) is 9.59 Å². The fourth-order valence-corrected chi connectivity index (χ4v) is 2.31. The Bertz CT molecular complexity index is 595. The van der Waals surface area contributed by atoms with Gasteiger partial charge in [0, 0.05) is 18.3 Å². The summed E-state index contributed by atoms with van der Waals surface area (Å²) in [5, 5.41) is 15.5. The largest absolute Gasteiger partial charge is 0.480 e. The second-order valence-electron chi connectivity index (χ2n) is 4.05. The summed E-state index contributed by atoms with van der Waals surface area (Å²) in [6.45, 7) is 1.85. The number of aliphatic carboxylic acids is 1. The van der Waals surface area contributed by atoms with E-state index in [2.05, 4.69) is 24.9 Å². The number of H-pyrrole nitrogens is 1. The molecule has 2 rings (SSSR count). The van der Waals surface area contributed by atoms with Gasteiger partial charge in [-0.2, -0.15) is 0 Å². The Hall–Kier alpha value is -2.29. The maximum Gasteiger partial charge on any atom is 0.326 e. The monoisotopic (exact) mass is 295 g/mol. The van der Waals surface area contributed by atoms with E-state index in [0.29, 0.717) is 22.7 Å². The summed E-state index contributed by atoms with van der Waals surface area (Å²) in [5.74, 6) is -1.58. The van der Waals surface area contributed by atoms with Crippen LogP contribution in [0, 0.1) is 0 Å². The van der Waals surface area contributed by atoms with Gasteiger partial charge in [-0.1, -0.05) is 11.4 Å². The number of carboxylic acids is 1. The molecule has 0 fully saturated rings. The quantitative estimate of drug-likeness (QED) is 0.702. The summed E-state index contributed by atoms with van der Waals surface area (Å²) in [6.07, 6.45) is 3.68. The number of aromatic amines is 1. The predicted octanol–water partition coefficient (Wildman–Crippen LogP) is 0.249. The van der Waals surface area contributed by atoms with Crippen LogP contribution in [0.3, 0.4) is 0 Å². The first-order chi connectivity index (χ1) is 9.61. The zero-order valence-corrected chi connectivity index (χ0v) is 11.5. The molecule has 0 spiro atoms. The first-order valence-corrected chi connectivity index (χ1v) is 6.71. The number of hydrogen-bond acceptors (Lipinski definition) is 6. The van der Waals surface area contributed by atoms with Crippen molar-refractivity contribution in [1.29, 1.82) is 0 Å². The first kappa shape index (κ1) is 14.1. The van der Waals surface area contributed by atoms with Gasteiger partial charge in [-0.05, 0) is 18.0 Å². The minimum atomic E-state index is -1.11. The normalized spacial score (nSPS) is 12.1. The molecule has 0 aliphatic heterocycles. The van der Waals surface area contributed by atoms with Gasteiger partial charge < -0.3 is 15.4 Å². The van der Waals surface area contributed by atoms with Crippen molar-refractivity contribution in [3.05, 3.63) is 28.8 Å². The van der Waals surface area contributed by atoms with Crippen LogP contribution in [0.1, 0.15) is 28.0 Å². The van der Waals surface area contributed by atoms with E-state index in [1.165, 1.54) is 12.5 Å². The maximum atomic E-state index is 12.1. The maximum absolute atomic E-state index is 12.1. The molecular formula is C11H13N5O3S. The average molecular weight is 295 g/mol. The van der Waals surface area contributed by atoms with Crippen LogP contribution >= 0.6 is 11.5 Å². The van der Waals surface area contributed by atoms with Gasteiger partial charge in [0.25, 0.3) is 5.91 Å². The number of carbonyl (C=O) groups is 2. The number of aromatic nitrogens is 4. The molecule has 2 heterocycles. The summed E-state index contributed by atoms with van der Waals surface area (Å²) >= 11 is 0.958. The van der Waals surface area contributed by atoms with E-state index < -0.39 is 17.9 Å². The van der Waals surface area contributed by atoms with Gasteiger partial charge in [0.15, 0.2) is 0 Å². The van der Waals surface area contributed by atoms with E-state index in [1.54, 1.807) is 0 Å². The molecule has 3 N–H and O–H groups in total. The number of nitrogens with one attached hydrogen (secondary N) is 2. The number of hydrogen-bond donors (Lipinski definition) is 3. The van der Waals surface area contributed by atoms with Gasteiger partial charge in [0.05, 0.1) is 12.0 Å². The number of aryl methyl sites for hydroxylation is 1. The molecule has 0 bridgehead atoms. The number of rotatable bonds is 6. The highest BCUT2D eigenvalue weighted by Crippen LogP contribution is 2.11. The predicted molar refractivity (Wildman–Crippen MR) is 70.5 cm³/mol. The number of carboxylic acid groups (broad SMARTS) is 1. The van der Waals surface area contributed by atoms with Crippen LogP contribution < -0.4 is 5.32 Å². The van der Waals surface area contributed by atoms with Crippen LogP contribution in [0.4, 0.5) is 0 Å². The lowest BCUT2D eigenvalue weighted by molar-refractivity contribution is -0.139. The second kappa shape index (κ2) is 6.24. The number of nitrogens with zero attached hydrogens (tertiary/aromatic N) is 3. The third-order valence-electron chi connectivity index (χ3n) is 2.68. The van der Waals surface area contributed by atoms with Gasteiger partial charge in [-0.15, -0.1) is 5.10 Å². The standard InChI is InChI=1S/C11H13N5O3S/c1-2-7-9(20-16-15-7)10(17)14-8(11(18)19)3-6-4-12-5-13-6/h4-5,8H,2-3H2,1H3,(H,12,13)(H,14,17)(H,18,19)/t8-/m1/s1. The third kappa shape index (κ3) is 3.18. The fraction of sp³-hybridized carbons (Fsp3) is 0.364. The molecule has 20 heavy (non-hydrogen) atoms. The summed E-state index contributed by atoms with van der Waals surface area (Å²) in [5.41, 5.74) is 1.20. The van der Waals surface area contributed by atoms with Gasteiger partial charge in [0.2, 0.25) is 0 Å². The summed E-state index contributed by atoms with van der Waals surface area (Å²) in [4.78, 5) is 30.2. The molecule has 0 saturated carbocycles. The lowest BCUT2D eigenvalue weighted by Gasteiger charge is -2.13. The molecule has 2 aromatic rings. The molecule has 0 aliphatic rings. The van der Waals surface area contributed by atoms with Crippen LogP contribution in [-0.2, 0) is 17.6 Å². The lowest BCUT2D eigenvalue weighted by atomic mass is 10.1. The molecule has 0 aromatic carbocycles. The highest BCUT2D eigenvalue weighted by molar-refractivity contribution is 7.08. The Morgan fingerprint density at radius 2 is 2.35 bits per heavy atom. The number of carbonyl (C=O) groups excluding carboxylic acids is 1. The third-order valence-corrected chi connectivity index (χ3v) is 3.45.